The molecule has 3 heterocycles. The number of anilines is 2. The van der Waals surface area contributed by atoms with Crippen molar-refractivity contribution in [2.24, 2.45) is 5.92 Å². The first-order valence-corrected chi connectivity index (χ1v) is 8.42. The molecule has 8 nitrogen and oxygen atoms in total. The Morgan fingerprint density at radius 1 is 1.32 bits per heavy atom. The number of carboxylic acids is 1. The van der Waals surface area contributed by atoms with Crippen LogP contribution in [0.3, 0.4) is 0 Å². The zero-order chi connectivity index (χ0) is 17.8. The van der Waals surface area contributed by atoms with E-state index in [-0.39, 0.29) is 6.54 Å². The van der Waals surface area contributed by atoms with Gasteiger partial charge in [0.1, 0.15) is 12.2 Å². The molecule has 132 valence electrons. The molecule has 0 saturated heterocycles. The molecule has 0 aromatic carbocycles. The summed E-state index contributed by atoms with van der Waals surface area (Å²) in [7, 11) is 0. The molecule has 25 heavy (non-hydrogen) atoms. The van der Waals surface area contributed by atoms with Gasteiger partial charge < -0.3 is 15.0 Å². The monoisotopic (exact) mass is 342 g/mol. The minimum Gasteiger partial charge on any atom is -0.480 e. The van der Waals surface area contributed by atoms with Gasteiger partial charge in [0.05, 0.1) is 11.9 Å². The fourth-order valence-corrected chi connectivity index (χ4v) is 2.79. The highest BCUT2D eigenvalue weighted by molar-refractivity contribution is 5.76. The Kier molecular flexibility index (Phi) is 4.97. The zero-order valence-electron chi connectivity index (χ0n) is 14.4. The molecule has 3 aromatic rings. The smallest absolute Gasteiger partial charge is 0.325 e. The van der Waals surface area contributed by atoms with Crippen molar-refractivity contribution in [2.75, 3.05) is 5.32 Å². The fraction of sp³-hybridized carbons (Fsp3) is 0.412. The van der Waals surface area contributed by atoms with Gasteiger partial charge in [-0.15, -0.1) is 0 Å². The average Bonchev–Trinajstić information content (AvgIpc) is 3.19. The Morgan fingerprint density at radius 3 is 2.84 bits per heavy atom. The molecule has 0 aliphatic rings. The van der Waals surface area contributed by atoms with Gasteiger partial charge in [-0.2, -0.15) is 10.1 Å². The van der Waals surface area contributed by atoms with Crippen molar-refractivity contribution >= 4 is 28.6 Å². The number of aromatic nitrogens is 5. The van der Waals surface area contributed by atoms with Crippen molar-refractivity contribution in [2.45, 2.75) is 39.8 Å². The van der Waals surface area contributed by atoms with E-state index in [2.05, 4.69) is 38.8 Å². The molecule has 0 unspecified atom stereocenters. The van der Waals surface area contributed by atoms with Gasteiger partial charge in [0.2, 0.25) is 5.95 Å². The number of aliphatic carboxylic acids is 1. The third-order valence-corrected chi connectivity index (χ3v) is 4.30. The van der Waals surface area contributed by atoms with Crippen molar-refractivity contribution in [3.63, 3.8) is 0 Å². The first-order valence-electron chi connectivity index (χ1n) is 8.42. The van der Waals surface area contributed by atoms with Crippen LogP contribution in [-0.4, -0.2) is 35.4 Å². The third-order valence-electron chi connectivity index (χ3n) is 4.30. The number of hydrogen-bond acceptors (Lipinski definition) is 5. The highest BCUT2D eigenvalue weighted by Crippen LogP contribution is 2.20. The van der Waals surface area contributed by atoms with Crippen molar-refractivity contribution in [3.05, 3.63) is 30.9 Å². The second-order valence-corrected chi connectivity index (χ2v) is 6.07. The van der Waals surface area contributed by atoms with Gasteiger partial charge in [0, 0.05) is 30.5 Å². The minimum absolute atomic E-state index is 0.181. The molecular formula is C17H22N6O2. The van der Waals surface area contributed by atoms with E-state index < -0.39 is 5.97 Å². The Morgan fingerprint density at radius 2 is 2.12 bits per heavy atom. The van der Waals surface area contributed by atoms with Crippen LogP contribution in [0.1, 0.15) is 26.7 Å². The van der Waals surface area contributed by atoms with Crippen LogP contribution < -0.4 is 5.32 Å². The molecule has 3 rings (SSSR count). The maximum atomic E-state index is 10.7. The SMILES string of the molecule is CCC(CC)Cn1ccc2cnc(Nc3cnn(CC(=O)O)c3)nc21. The van der Waals surface area contributed by atoms with Crippen molar-refractivity contribution < 1.29 is 9.90 Å². The van der Waals surface area contributed by atoms with Crippen LogP contribution in [0, 0.1) is 5.92 Å². The second kappa shape index (κ2) is 7.33. The molecule has 3 aromatic heterocycles. The van der Waals surface area contributed by atoms with Gasteiger partial charge in [-0.1, -0.05) is 26.7 Å². The summed E-state index contributed by atoms with van der Waals surface area (Å²) in [4.78, 5) is 19.6. The van der Waals surface area contributed by atoms with Gasteiger partial charge in [-0.05, 0) is 12.0 Å². The lowest BCUT2D eigenvalue weighted by Crippen LogP contribution is -2.09. The lowest BCUT2D eigenvalue weighted by atomic mass is 10.0. The average molecular weight is 342 g/mol. The van der Waals surface area contributed by atoms with Gasteiger partial charge >= 0.3 is 5.97 Å². The van der Waals surface area contributed by atoms with Crippen LogP contribution >= 0.6 is 0 Å². The molecular weight excluding hydrogens is 320 g/mol. The molecule has 0 atom stereocenters. The highest BCUT2D eigenvalue weighted by atomic mass is 16.4. The highest BCUT2D eigenvalue weighted by Gasteiger charge is 2.10. The van der Waals surface area contributed by atoms with Gasteiger partial charge in [0.25, 0.3) is 0 Å². The van der Waals surface area contributed by atoms with Gasteiger partial charge in [-0.25, -0.2) is 4.98 Å². The largest absolute Gasteiger partial charge is 0.480 e. The van der Waals surface area contributed by atoms with Crippen LogP contribution in [0.25, 0.3) is 11.0 Å². The summed E-state index contributed by atoms with van der Waals surface area (Å²) in [5.41, 5.74) is 1.54. The predicted octanol–water partition coefficient (Wildman–Crippen LogP) is 2.89. The van der Waals surface area contributed by atoms with Crippen LogP contribution in [-0.2, 0) is 17.9 Å². The molecule has 0 aliphatic heterocycles. The quantitative estimate of drug-likeness (QED) is 0.653. The summed E-state index contributed by atoms with van der Waals surface area (Å²) in [6.45, 7) is 5.16. The molecule has 0 amide bonds. The molecule has 0 spiro atoms. The van der Waals surface area contributed by atoms with E-state index >= 15 is 0 Å². The standard InChI is InChI=1S/C17H22N6O2/c1-3-12(4-2)9-22-6-5-13-7-18-17(21-16(13)22)20-14-8-19-23(10-14)11-15(24)25/h5-8,10,12H,3-4,9,11H2,1-2H3,(H,24,25)(H,18,20,21). The number of carboxylic acid groups (broad SMARTS) is 1. The minimum atomic E-state index is -0.938. The summed E-state index contributed by atoms with van der Waals surface area (Å²) < 4.78 is 3.51. The Bertz CT molecular complexity index is 865. The van der Waals surface area contributed by atoms with Crippen LogP contribution in [0.4, 0.5) is 11.6 Å². The number of rotatable bonds is 8. The molecule has 2 N–H and O–H groups in total. The first-order chi connectivity index (χ1) is 12.1. The number of nitrogens with zero attached hydrogens (tertiary/aromatic N) is 5. The third kappa shape index (κ3) is 3.96. The molecule has 0 radical (unpaired) electrons. The summed E-state index contributed by atoms with van der Waals surface area (Å²) in [6.07, 6.45) is 9.27. The van der Waals surface area contributed by atoms with Crippen LogP contribution in [0.15, 0.2) is 30.9 Å². The summed E-state index contributed by atoms with van der Waals surface area (Å²) >= 11 is 0. The van der Waals surface area contributed by atoms with Gasteiger partial charge in [0.15, 0.2) is 0 Å². The zero-order valence-corrected chi connectivity index (χ0v) is 14.4. The Labute approximate surface area is 145 Å². The number of nitrogens with one attached hydrogen (secondary N) is 1. The Balaban J connectivity index is 1.80. The molecule has 0 bridgehead atoms. The number of hydrogen-bond donors (Lipinski definition) is 2. The molecule has 0 fully saturated rings. The van der Waals surface area contributed by atoms with E-state index in [1.807, 2.05) is 12.3 Å². The first kappa shape index (κ1) is 16.9. The maximum absolute atomic E-state index is 10.7. The van der Waals surface area contributed by atoms with E-state index in [0.717, 1.165) is 30.4 Å². The molecule has 8 heteroatoms. The Hall–Kier alpha value is -2.90. The fourth-order valence-electron chi connectivity index (χ4n) is 2.79. The van der Waals surface area contributed by atoms with E-state index in [0.29, 0.717) is 17.6 Å². The van der Waals surface area contributed by atoms with Gasteiger partial charge in [-0.3, -0.25) is 9.48 Å². The lowest BCUT2D eigenvalue weighted by molar-refractivity contribution is -0.137. The number of fused-ring (bicyclic) bond motifs is 1. The lowest BCUT2D eigenvalue weighted by Gasteiger charge is -2.14. The van der Waals surface area contributed by atoms with Crippen LogP contribution in [0.5, 0.6) is 0 Å². The van der Waals surface area contributed by atoms with Crippen molar-refractivity contribution in [1.29, 1.82) is 0 Å². The summed E-state index contributed by atoms with van der Waals surface area (Å²) in [5.74, 6) is 0.148. The topological polar surface area (TPSA) is 97.9 Å². The van der Waals surface area contributed by atoms with E-state index in [9.17, 15) is 4.79 Å². The van der Waals surface area contributed by atoms with E-state index in [1.165, 1.54) is 4.68 Å². The van der Waals surface area contributed by atoms with Crippen molar-refractivity contribution in [1.82, 2.24) is 24.3 Å². The summed E-state index contributed by atoms with van der Waals surface area (Å²) in [5, 5.41) is 16.9. The van der Waals surface area contributed by atoms with E-state index in [4.69, 9.17) is 5.11 Å². The predicted molar refractivity (Wildman–Crippen MR) is 94.7 cm³/mol. The second-order valence-electron chi connectivity index (χ2n) is 6.07. The van der Waals surface area contributed by atoms with Crippen LogP contribution in [0.2, 0.25) is 0 Å². The molecule has 0 saturated carbocycles. The van der Waals surface area contributed by atoms with E-state index in [1.54, 1.807) is 18.6 Å². The van der Waals surface area contributed by atoms with Crippen molar-refractivity contribution in [3.8, 4) is 0 Å². The molecule has 0 aliphatic carbocycles. The number of carbonyl (C=O) groups is 1. The maximum Gasteiger partial charge on any atom is 0.325 e. The summed E-state index contributed by atoms with van der Waals surface area (Å²) in [6, 6.07) is 2.02. The normalized spacial score (nSPS) is 11.3.